The number of methoxy groups -OCH3 is 1. The molecule has 2 atom stereocenters. The highest BCUT2D eigenvalue weighted by Crippen LogP contribution is 2.20. The summed E-state index contributed by atoms with van der Waals surface area (Å²) < 4.78 is 5.14. The van der Waals surface area contributed by atoms with Crippen molar-refractivity contribution in [1.29, 1.82) is 5.26 Å². The van der Waals surface area contributed by atoms with Crippen LogP contribution in [-0.2, 0) is 4.74 Å². The van der Waals surface area contributed by atoms with Crippen LogP contribution in [-0.4, -0.2) is 19.3 Å². The van der Waals surface area contributed by atoms with Crippen molar-refractivity contribution in [3.8, 4) is 6.19 Å². The van der Waals surface area contributed by atoms with Crippen molar-refractivity contribution in [1.82, 2.24) is 5.32 Å². The molecule has 1 aliphatic carbocycles. The molecule has 2 unspecified atom stereocenters. The molecule has 1 fully saturated rings. The standard InChI is InChI=1S/C7H12N2O/c1-10-7-3-2-6(4-7)9-5-8/h6-7,9H,2-4H2,1H3. The molecule has 0 heterocycles. The summed E-state index contributed by atoms with van der Waals surface area (Å²) in [6.45, 7) is 0. The minimum atomic E-state index is 0.356. The highest BCUT2D eigenvalue weighted by Gasteiger charge is 2.23. The SMILES string of the molecule is COC1CCC(NC#N)C1. The topological polar surface area (TPSA) is 45.0 Å². The molecule has 1 saturated carbocycles. The molecule has 3 nitrogen and oxygen atoms in total. The molecule has 0 aromatic heterocycles. The number of hydrogen-bond acceptors (Lipinski definition) is 3. The molecule has 10 heavy (non-hydrogen) atoms. The minimum absolute atomic E-state index is 0.356. The third kappa shape index (κ3) is 1.61. The average Bonchev–Trinajstić information content (AvgIpc) is 2.37. The van der Waals surface area contributed by atoms with Crippen LogP contribution in [0.25, 0.3) is 0 Å². The molecule has 0 spiro atoms. The molecule has 1 rings (SSSR count). The minimum Gasteiger partial charge on any atom is -0.381 e. The van der Waals surface area contributed by atoms with Crippen molar-refractivity contribution >= 4 is 0 Å². The maximum atomic E-state index is 8.28. The summed E-state index contributed by atoms with van der Waals surface area (Å²) in [5, 5.41) is 11.0. The Morgan fingerprint density at radius 2 is 2.40 bits per heavy atom. The Kier molecular flexibility index (Phi) is 2.52. The van der Waals surface area contributed by atoms with Crippen molar-refractivity contribution in [3.05, 3.63) is 0 Å². The van der Waals surface area contributed by atoms with Gasteiger partial charge >= 0.3 is 0 Å². The maximum absolute atomic E-state index is 8.28. The van der Waals surface area contributed by atoms with E-state index in [-0.39, 0.29) is 0 Å². The fourth-order valence-corrected chi connectivity index (χ4v) is 1.38. The van der Waals surface area contributed by atoms with E-state index in [9.17, 15) is 0 Å². The van der Waals surface area contributed by atoms with E-state index in [1.54, 1.807) is 7.11 Å². The van der Waals surface area contributed by atoms with Crippen LogP contribution in [0.15, 0.2) is 0 Å². The molecule has 0 radical (unpaired) electrons. The van der Waals surface area contributed by atoms with Gasteiger partial charge < -0.3 is 10.1 Å². The van der Waals surface area contributed by atoms with E-state index < -0.39 is 0 Å². The summed E-state index contributed by atoms with van der Waals surface area (Å²) >= 11 is 0. The average molecular weight is 140 g/mol. The first kappa shape index (κ1) is 7.36. The number of rotatable bonds is 2. The van der Waals surface area contributed by atoms with E-state index in [0.717, 1.165) is 19.3 Å². The van der Waals surface area contributed by atoms with Gasteiger partial charge in [-0.3, -0.25) is 0 Å². The van der Waals surface area contributed by atoms with Gasteiger partial charge in [-0.05, 0) is 19.3 Å². The lowest BCUT2D eigenvalue weighted by atomic mass is 10.2. The Labute approximate surface area is 61.0 Å². The number of nitrogens with one attached hydrogen (secondary N) is 1. The smallest absolute Gasteiger partial charge is 0.176 e. The fourth-order valence-electron chi connectivity index (χ4n) is 1.38. The Bertz CT molecular complexity index is 141. The quantitative estimate of drug-likeness (QED) is 0.452. The molecule has 0 amide bonds. The normalized spacial score (nSPS) is 31.6. The summed E-state index contributed by atoms with van der Waals surface area (Å²) in [5.41, 5.74) is 0. The molecule has 0 aromatic rings. The highest BCUT2D eigenvalue weighted by atomic mass is 16.5. The predicted molar refractivity (Wildman–Crippen MR) is 37.2 cm³/mol. The van der Waals surface area contributed by atoms with Gasteiger partial charge in [0.15, 0.2) is 6.19 Å². The lowest BCUT2D eigenvalue weighted by molar-refractivity contribution is 0.107. The molecule has 1 aliphatic rings. The van der Waals surface area contributed by atoms with Crippen molar-refractivity contribution in [2.75, 3.05) is 7.11 Å². The number of hydrogen-bond donors (Lipinski definition) is 1. The van der Waals surface area contributed by atoms with E-state index in [0.29, 0.717) is 12.1 Å². The van der Waals surface area contributed by atoms with Crippen LogP contribution in [0, 0.1) is 11.5 Å². The molecule has 0 aromatic carbocycles. The zero-order valence-electron chi connectivity index (χ0n) is 6.13. The third-order valence-electron chi connectivity index (χ3n) is 1.99. The monoisotopic (exact) mass is 140 g/mol. The van der Waals surface area contributed by atoms with Crippen molar-refractivity contribution < 1.29 is 4.74 Å². The van der Waals surface area contributed by atoms with E-state index in [2.05, 4.69) is 5.32 Å². The second-order valence-corrected chi connectivity index (χ2v) is 2.62. The number of nitrogens with zero attached hydrogens (tertiary/aromatic N) is 1. The molecule has 56 valence electrons. The van der Waals surface area contributed by atoms with Gasteiger partial charge in [-0.25, -0.2) is 0 Å². The summed E-state index contributed by atoms with van der Waals surface area (Å²) in [7, 11) is 1.72. The van der Waals surface area contributed by atoms with E-state index in [4.69, 9.17) is 10.00 Å². The molecule has 0 aliphatic heterocycles. The van der Waals surface area contributed by atoms with Crippen LogP contribution in [0.3, 0.4) is 0 Å². The lowest BCUT2D eigenvalue weighted by Gasteiger charge is -2.06. The van der Waals surface area contributed by atoms with Gasteiger partial charge in [0, 0.05) is 13.2 Å². The van der Waals surface area contributed by atoms with Gasteiger partial charge in [0.2, 0.25) is 0 Å². The summed E-state index contributed by atoms with van der Waals surface area (Å²) in [6.07, 6.45) is 5.43. The number of nitriles is 1. The van der Waals surface area contributed by atoms with Crippen LogP contribution in [0.4, 0.5) is 0 Å². The Hall–Kier alpha value is -0.750. The Morgan fingerprint density at radius 3 is 2.90 bits per heavy atom. The van der Waals surface area contributed by atoms with E-state index in [1.807, 2.05) is 6.19 Å². The summed E-state index contributed by atoms with van der Waals surface area (Å²) in [5.74, 6) is 0. The molecule has 0 saturated heterocycles. The third-order valence-corrected chi connectivity index (χ3v) is 1.99. The van der Waals surface area contributed by atoms with Crippen LogP contribution >= 0.6 is 0 Å². The van der Waals surface area contributed by atoms with Gasteiger partial charge in [-0.15, -0.1) is 0 Å². The fraction of sp³-hybridized carbons (Fsp3) is 0.857. The summed E-state index contributed by atoms with van der Waals surface area (Å²) in [6, 6.07) is 0.356. The molecule has 0 bridgehead atoms. The van der Waals surface area contributed by atoms with Crippen LogP contribution in [0.5, 0.6) is 0 Å². The van der Waals surface area contributed by atoms with E-state index >= 15 is 0 Å². The molecule has 3 heteroatoms. The Morgan fingerprint density at radius 1 is 1.60 bits per heavy atom. The largest absolute Gasteiger partial charge is 0.381 e. The van der Waals surface area contributed by atoms with Gasteiger partial charge in [0.1, 0.15) is 0 Å². The first-order valence-electron chi connectivity index (χ1n) is 3.54. The van der Waals surface area contributed by atoms with Gasteiger partial charge in [-0.1, -0.05) is 0 Å². The zero-order valence-corrected chi connectivity index (χ0v) is 6.13. The second kappa shape index (κ2) is 3.43. The molecular formula is C7H12N2O. The predicted octanol–water partition coefficient (Wildman–Crippen LogP) is 0.625. The zero-order chi connectivity index (χ0) is 7.40. The highest BCUT2D eigenvalue weighted by molar-refractivity contribution is 4.85. The lowest BCUT2D eigenvalue weighted by Crippen LogP contribution is -2.21. The van der Waals surface area contributed by atoms with Crippen LogP contribution in [0.2, 0.25) is 0 Å². The van der Waals surface area contributed by atoms with Crippen molar-refractivity contribution in [3.63, 3.8) is 0 Å². The van der Waals surface area contributed by atoms with Gasteiger partial charge in [-0.2, -0.15) is 5.26 Å². The number of ether oxygens (including phenoxy) is 1. The second-order valence-electron chi connectivity index (χ2n) is 2.62. The van der Waals surface area contributed by atoms with E-state index in [1.165, 1.54) is 0 Å². The van der Waals surface area contributed by atoms with Crippen molar-refractivity contribution in [2.24, 2.45) is 0 Å². The van der Waals surface area contributed by atoms with Crippen LogP contribution < -0.4 is 5.32 Å². The molecular weight excluding hydrogens is 128 g/mol. The molecule has 1 N–H and O–H groups in total. The van der Waals surface area contributed by atoms with Crippen molar-refractivity contribution in [2.45, 2.75) is 31.4 Å². The maximum Gasteiger partial charge on any atom is 0.176 e. The Balaban J connectivity index is 2.23. The first-order chi connectivity index (χ1) is 4.86. The summed E-state index contributed by atoms with van der Waals surface area (Å²) in [4.78, 5) is 0. The van der Waals surface area contributed by atoms with Gasteiger partial charge in [0.25, 0.3) is 0 Å². The first-order valence-corrected chi connectivity index (χ1v) is 3.54. The van der Waals surface area contributed by atoms with Crippen LogP contribution in [0.1, 0.15) is 19.3 Å². The van der Waals surface area contributed by atoms with Gasteiger partial charge in [0.05, 0.1) is 6.10 Å².